The number of aliphatic hydroxyl groups excluding tert-OH is 1. The fraction of sp³-hybridized carbons (Fsp3) is 0.333. The maximum absolute atomic E-state index is 12.9. The van der Waals surface area contributed by atoms with Crippen LogP contribution in [-0.2, 0) is 6.42 Å². The van der Waals surface area contributed by atoms with Gasteiger partial charge in [-0.1, -0.05) is 12.1 Å². The summed E-state index contributed by atoms with van der Waals surface area (Å²) < 4.78 is 12.9. The molecule has 21 heavy (non-hydrogen) atoms. The molecule has 1 aromatic heterocycles. The fourth-order valence-corrected chi connectivity index (χ4v) is 3.27. The van der Waals surface area contributed by atoms with Crippen LogP contribution >= 0.6 is 11.3 Å². The molecule has 0 saturated carbocycles. The number of carbonyl (C=O) groups excluding carboxylic acids is 1. The Labute approximate surface area is 125 Å². The molecule has 1 N–H and O–H groups in total. The van der Waals surface area contributed by atoms with Crippen molar-refractivity contribution < 1.29 is 14.3 Å². The summed E-state index contributed by atoms with van der Waals surface area (Å²) in [6.07, 6.45) is 2.38. The lowest BCUT2D eigenvalue weighted by atomic mass is 10.2. The number of aliphatic hydroxyl groups is 1. The Morgan fingerprint density at radius 1 is 1.43 bits per heavy atom. The van der Waals surface area contributed by atoms with Gasteiger partial charge in [0.05, 0.1) is 17.3 Å². The van der Waals surface area contributed by atoms with E-state index in [2.05, 4.69) is 4.98 Å². The Morgan fingerprint density at radius 3 is 2.86 bits per heavy atom. The van der Waals surface area contributed by atoms with Crippen LogP contribution in [0.1, 0.15) is 26.7 Å². The van der Waals surface area contributed by atoms with E-state index in [1.807, 2.05) is 0 Å². The highest BCUT2D eigenvalue weighted by Gasteiger charge is 2.26. The Bertz CT molecular complexity index is 641. The van der Waals surface area contributed by atoms with Gasteiger partial charge in [0, 0.05) is 19.5 Å². The molecule has 1 aliphatic heterocycles. The van der Waals surface area contributed by atoms with Crippen molar-refractivity contribution in [1.82, 2.24) is 9.88 Å². The van der Waals surface area contributed by atoms with Crippen LogP contribution in [0.3, 0.4) is 0 Å². The lowest BCUT2D eigenvalue weighted by molar-refractivity contribution is 0.0769. The summed E-state index contributed by atoms with van der Waals surface area (Å²) >= 11 is 1.35. The zero-order chi connectivity index (χ0) is 14.8. The molecule has 1 fully saturated rings. The summed E-state index contributed by atoms with van der Waals surface area (Å²) in [5.41, 5.74) is 0.960. The summed E-state index contributed by atoms with van der Waals surface area (Å²) in [5.74, 6) is -0.337. The van der Waals surface area contributed by atoms with Gasteiger partial charge in [-0.25, -0.2) is 9.37 Å². The van der Waals surface area contributed by atoms with E-state index in [-0.39, 0.29) is 11.7 Å². The highest BCUT2D eigenvalue weighted by molar-refractivity contribution is 7.13. The van der Waals surface area contributed by atoms with E-state index >= 15 is 0 Å². The summed E-state index contributed by atoms with van der Waals surface area (Å²) in [5, 5.41) is 10.3. The molecule has 2 heterocycles. The summed E-state index contributed by atoms with van der Waals surface area (Å²) in [7, 11) is 0. The highest BCUT2D eigenvalue weighted by atomic mass is 32.1. The van der Waals surface area contributed by atoms with E-state index in [0.29, 0.717) is 30.8 Å². The Hall–Kier alpha value is -1.79. The van der Waals surface area contributed by atoms with Crippen LogP contribution in [0.2, 0.25) is 0 Å². The zero-order valence-electron chi connectivity index (χ0n) is 11.3. The average Bonchev–Trinajstić information content (AvgIpc) is 3.10. The van der Waals surface area contributed by atoms with Crippen molar-refractivity contribution in [3.05, 3.63) is 51.7 Å². The van der Waals surface area contributed by atoms with Gasteiger partial charge in [-0.15, -0.1) is 11.3 Å². The van der Waals surface area contributed by atoms with Gasteiger partial charge >= 0.3 is 0 Å². The lowest BCUT2D eigenvalue weighted by Crippen LogP contribution is -2.28. The van der Waals surface area contributed by atoms with Gasteiger partial charge in [-0.3, -0.25) is 4.79 Å². The van der Waals surface area contributed by atoms with Gasteiger partial charge in [0.2, 0.25) is 0 Å². The highest BCUT2D eigenvalue weighted by Crippen LogP contribution is 2.21. The Morgan fingerprint density at radius 2 is 2.19 bits per heavy atom. The third-order valence-electron chi connectivity index (χ3n) is 3.48. The fourth-order valence-electron chi connectivity index (χ4n) is 2.35. The minimum atomic E-state index is -0.416. The monoisotopic (exact) mass is 306 g/mol. The molecule has 1 atom stereocenters. The SMILES string of the molecule is O=C(c1cnc(Cc2ccc(F)cc2)s1)N1CC[C@@H](O)C1. The number of benzene rings is 1. The lowest BCUT2D eigenvalue weighted by Gasteiger charge is -2.13. The van der Waals surface area contributed by atoms with E-state index < -0.39 is 6.10 Å². The number of hydrogen-bond donors (Lipinski definition) is 1. The molecule has 2 aromatic rings. The number of rotatable bonds is 3. The molecule has 1 aliphatic rings. The first-order chi connectivity index (χ1) is 10.1. The quantitative estimate of drug-likeness (QED) is 0.944. The van der Waals surface area contributed by atoms with Crippen LogP contribution in [0.15, 0.2) is 30.5 Å². The summed E-state index contributed by atoms with van der Waals surface area (Å²) in [6.45, 7) is 0.981. The molecule has 0 radical (unpaired) electrons. The number of halogens is 1. The first kappa shape index (κ1) is 14.2. The van der Waals surface area contributed by atoms with Crippen molar-refractivity contribution >= 4 is 17.2 Å². The van der Waals surface area contributed by atoms with Crippen molar-refractivity contribution in [1.29, 1.82) is 0 Å². The van der Waals surface area contributed by atoms with Crippen LogP contribution in [0.4, 0.5) is 4.39 Å². The maximum Gasteiger partial charge on any atom is 0.265 e. The second-order valence-corrected chi connectivity index (χ2v) is 6.23. The third kappa shape index (κ3) is 3.28. The number of thiazole rings is 1. The summed E-state index contributed by atoms with van der Waals surface area (Å²) in [4.78, 5) is 18.7. The minimum absolute atomic E-state index is 0.0746. The third-order valence-corrected chi connectivity index (χ3v) is 4.47. The molecule has 1 aromatic carbocycles. The molecule has 1 saturated heterocycles. The first-order valence-corrected chi connectivity index (χ1v) is 7.60. The van der Waals surface area contributed by atoms with Crippen molar-refractivity contribution in [3.63, 3.8) is 0 Å². The molecule has 1 amide bonds. The van der Waals surface area contributed by atoms with E-state index in [1.54, 1.807) is 23.2 Å². The molecule has 4 nitrogen and oxygen atoms in total. The van der Waals surface area contributed by atoms with Gasteiger partial charge < -0.3 is 10.0 Å². The van der Waals surface area contributed by atoms with E-state index in [0.717, 1.165) is 10.6 Å². The van der Waals surface area contributed by atoms with Crippen LogP contribution in [0.5, 0.6) is 0 Å². The predicted octanol–water partition coefficient (Wildman–Crippen LogP) is 2.08. The van der Waals surface area contributed by atoms with Crippen molar-refractivity contribution in [3.8, 4) is 0 Å². The number of hydrogen-bond acceptors (Lipinski definition) is 4. The molecular weight excluding hydrogens is 291 g/mol. The van der Waals surface area contributed by atoms with Crippen LogP contribution in [0, 0.1) is 5.82 Å². The topological polar surface area (TPSA) is 53.4 Å². The van der Waals surface area contributed by atoms with Gasteiger partial charge in [-0.2, -0.15) is 0 Å². The summed E-state index contributed by atoms with van der Waals surface area (Å²) in [6, 6.07) is 6.27. The van der Waals surface area contributed by atoms with Gasteiger partial charge in [-0.05, 0) is 24.1 Å². The molecule has 0 unspecified atom stereocenters. The number of aromatic nitrogens is 1. The molecule has 0 spiro atoms. The minimum Gasteiger partial charge on any atom is -0.391 e. The molecular formula is C15H15FN2O2S. The van der Waals surface area contributed by atoms with Crippen LogP contribution < -0.4 is 0 Å². The molecule has 110 valence electrons. The van der Waals surface area contributed by atoms with Gasteiger partial charge in [0.15, 0.2) is 0 Å². The number of nitrogens with zero attached hydrogens (tertiary/aromatic N) is 2. The Balaban J connectivity index is 1.68. The molecule has 0 aliphatic carbocycles. The molecule has 0 bridgehead atoms. The van der Waals surface area contributed by atoms with Crippen molar-refractivity contribution in [2.24, 2.45) is 0 Å². The van der Waals surface area contributed by atoms with Crippen molar-refractivity contribution in [2.45, 2.75) is 18.9 Å². The smallest absolute Gasteiger partial charge is 0.265 e. The number of likely N-dealkylation sites (tertiary alicyclic amines) is 1. The predicted molar refractivity (Wildman–Crippen MR) is 77.8 cm³/mol. The second kappa shape index (κ2) is 5.91. The van der Waals surface area contributed by atoms with Crippen LogP contribution in [0.25, 0.3) is 0 Å². The average molecular weight is 306 g/mol. The number of β-amino-alcohol motifs (C(OH)–C–C–N with tert-alkyl or cyclic N) is 1. The zero-order valence-corrected chi connectivity index (χ0v) is 12.1. The van der Waals surface area contributed by atoms with Crippen molar-refractivity contribution in [2.75, 3.05) is 13.1 Å². The van der Waals surface area contributed by atoms with E-state index in [4.69, 9.17) is 0 Å². The molecule has 6 heteroatoms. The molecule has 3 rings (SSSR count). The van der Waals surface area contributed by atoms with Gasteiger partial charge in [0.1, 0.15) is 10.7 Å². The largest absolute Gasteiger partial charge is 0.391 e. The first-order valence-electron chi connectivity index (χ1n) is 6.78. The van der Waals surface area contributed by atoms with E-state index in [1.165, 1.54) is 23.5 Å². The standard InChI is InChI=1S/C15H15FN2O2S/c16-11-3-1-10(2-4-11)7-14-17-8-13(21-14)15(20)18-6-5-12(19)9-18/h1-4,8,12,19H,5-7,9H2/t12-/m1/s1. The second-order valence-electron chi connectivity index (χ2n) is 5.12. The Kier molecular flexibility index (Phi) is 3.98. The number of carbonyl (C=O) groups is 1. The maximum atomic E-state index is 12.9. The van der Waals surface area contributed by atoms with Gasteiger partial charge in [0.25, 0.3) is 5.91 Å². The van der Waals surface area contributed by atoms with E-state index in [9.17, 15) is 14.3 Å². The number of amides is 1. The normalized spacial score (nSPS) is 18.2. The van der Waals surface area contributed by atoms with Crippen LogP contribution in [-0.4, -0.2) is 40.1 Å².